The number of aromatic amines is 1. The number of halogens is 2. The van der Waals surface area contributed by atoms with Crippen molar-refractivity contribution in [1.29, 1.82) is 0 Å². The molecule has 0 saturated carbocycles. The van der Waals surface area contributed by atoms with E-state index < -0.39 is 17.5 Å². The van der Waals surface area contributed by atoms with Crippen molar-refractivity contribution in [3.8, 4) is 11.7 Å². The summed E-state index contributed by atoms with van der Waals surface area (Å²) >= 11 is 3.51. The van der Waals surface area contributed by atoms with Crippen LogP contribution in [0, 0.1) is 12.7 Å². The van der Waals surface area contributed by atoms with Gasteiger partial charge in [0.1, 0.15) is 12.6 Å². The van der Waals surface area contributed by atoms with Gasteiger partial charge in [0, 0.05) is 34.7 Å². The summed E-state index contributed by atoms with van der Waals surface area (Å²) in [5.41, 5.74) is 2.39. The van der Waals surface area contributed by atoms with Crippen molar-refractivity contribution >= 4 is 21.6 Å². The Bertz CT molecular complexity index is 1420. The second-order valence-corrected chi connectivity index (χ2v) is 9.67. The zero-order valence-electron chi connectivity index (χ0n) is 21.1. The Morgan fingerprint density at radius 2 is 1.97 bits per heavy atom. The number of hydrogen-bond donors (Lipinski definition) is 2. The minimum absolute atomic E-state index is 0.115. The van der Waals surface area contributed by atoms with E-state index in [-0.39, 0.29) is 17.5 Å². The van der Waals surface area contributed by atoms with Crippen molar-refractivity contribution in [2.24, 2.45) is 0 Å². The van der Waals surface area contributed by atoms with Crippen molar-refractivity contribution in [2.45, 2.75) is 26.3 Å². The van der Waals surface area contributed by atoms with Crippen LogP contribution in [-0.2, 0) is 6.42 Å². The van der Waals surface area contributed by atoms with Crippen LogP contribution >= 0.6 is 15.9 Å². The van der Waals surface area contributed by atoms with Crippen LogP contribution in [0.15, 0.2) is 58.1 Å². The molecule has 0 saturated heterocycles. The predicted molar refractivity (Wildman–Crippen MR) is 144 cm³/mol. The molecule has 37 heavy (non-hydrogen) atoms. The number of nitrogens with zero attached hydrogens (tertiary/aromatic N) is 5. The first kappa shape index (κ1) is 26.5. The lowest BCUT2D eigenvalue weighted by Crippen LogP contribution is -2.21. The number of aryl methyl sites for hydroxylation is 2. The highest BCUT2D eigenvalue weighted by atomic mass is 79.9. The summed E-state index contributed by atoms with van der Waals surface area (Å²) < 4.78 is 23.8. The van der Waals surface area contributed by atoms with Gasteiger partial charge in [-0.25, -0.2) is 19.2 Å². The fourth-order valence-electron chi connectivity index (χ4n) is 3.74. The molecular formula is C26H29BrFN7O2. The van der Waals surface area contributed by atoms with Gasteiger partial charge in [-0.2, -0.15) is 0 Å². The van der Waals surface area contributed by atoms with E-state index in [0.717, 1.165) is 26.0 Å². The molecule has 2 aromatic carbocycles. The molecule has 0 aliphatic rings. The molecule has 0 aliphatic heterocycles. The number of hydrogen-bond acceptors (Lipinski definition) is 7. The molecule has 0 amide bonds. The van der Waals surface area contributed by atoms with Crippen molar-refractivity contribution in [3.63, 3.8) is 0 Å². The second-order valence-electron chi connectivity index (χ2n) is 8.82. The first-order valence-electron chi connectivity index (χ1n) is 11.9. The molecule has 0 spiro atoms. The Morgan fingerprint density at radius 1 is 1.22 bits per heavy atom. The van der Waals surface area contributed by atoms with Crippen LogP contribution in [-0.4, -0.2) is 56.9 Å². The number of aromatic nitrogens is 5. The summed E-state index contributed by atoms with van der Waals surface area (Å²) in [5.74, 6) is -0.0371. The molecular weight excluding hydrogens is 541 g/mol. The quantitative estimate of drug-likeness (QED) is 0.294. The van der Waals surface area contributed by atoms with Crippen LogP contribution in [0.2, 0.25) is 0 Å². The van der Waals surface area contributed by atoms with Crippen LogP contribution in [0.4, 0.5) is 10.1 Å². The topological polar surface area (TPSA) is 101 Å². The summed E-state index contributed by atoms with van der Waals surface area (Å²) in [4.78, 5) is 25.8. The molecule has 11 heteroatoms. The lowest BCUT2D eigenvalue weighted by atomic mass is 10.00. The van der Waals surface area contributed by atoms with E-state index in [1.54, 1.807) is 18.2 Å². The molecule has 2 aromatic heterocycles. The largest absolute Gasteiger partial charge is 0.489 e. The molecule has 0 aliphatic carbocycles. The SMILES string of the molecule is CCc1cc(OCCN(C)C)c(F)c(C(Nc2ccc(Br)c(C)c2)c2nn(-c3ncccn3)c(=O)[nH]2)c1. The molecule has 194 valence electrons. The molecule has 1 unspecified atom stereocenters. The third-order valence-corrected chi connectivity index (χ3v) is 6.65. The van der Waals surface area contributed by atoms with Gasteiger partial charge in [-0.3, -0.25) is 4.98 Å². The lowest BCUT2D eigenvalue weighted by Gasteiger charge is -2.22. The monoisotopic (exact) mass is 569 g/mol. The average molecular weight is 570 g/mol. The van der Waals surface area contributed by atoms with E-state index in [1.165, 1.54) is 12.4 Å². The Morgan fingerprint density at radius 3 is 2.65 bits per heavy atom. The van der Waals surface area contributed by atoms with E-state index >= 15 is 4.39 Å². The summed E-state index contributed by atoms with van der Waals surface area (Å²) in [7, 11) is 3.85. The number of benzene rings is 2. The molecule has 4 rings (SSSR count). The summed E-state index contributed by atoms with van der Waals surface area (Å²) in [6.07, 6.45) is 3.71. The van der Waals surface area contributed by atoms with Crippen molar-refractivity contribution in [2.75, 3.05) is 32.6 Å². The van der Waals surface area contributed by atoms with Crippen molar-refractivity contribution in [3.05, 3.63) is 92.1 Å². The van der Waals surface area contributed by atoms with Gasteiger partial charge in [0.15, 0.2) is 17.4 Å². The maximum atomic E-state index is 16.0. The van der Waals surface area contributed by atoms with Gasteiger partial charge in [0.2, 0.25) is 0 Å². The van der Waals surface area contributed by atoms with Gasteiger partial charge >= 0.3 is 5.69 Å². The first-order valence-corrected chi connectivity index (χ1v) is 12.6. The lowest BCUT2D eigenvalue weighted by molar-refractivity contribution is 0.251. The molecule has 2 heterocycles. The van der Waals surface area contributed by atoms with E-state index in [2.05, 4.69) is 41.3 Å². The average Bonchev–Trinajstić information content (AvgIpc) is 3.27. The third-order valence-electron chi connectivity index (χ3n) is 5.76. The van der Waals surface area contributed by atoms with Crippen LogP contribution in [0.1, 0.15) is 35.5 Å². The zero-order valence-corrected chi connectivity index (χ0v) is 22.7. The van der Waals surface area contributed by atoms with E-state index in [0.29, 0.717) is 25.1 Å². The van der Waals surface area contributed by atoms with E-state index in [4.69, 9.17) is 4.74 Å². The van der Waals surface area contributed by atoms with Crippen LogP contribution in [0.3, 0.4) is 0 Å². The van der Waals surface area contributed by atoms with Crippen LogP contribution in [0.25, 0.3) is 5.95 Å². The Labute approximate surface area is 222 Å². The molecule has 0 fully saturated rings. The van der Waals surface area contributed by atoms with E-state index in [1.807, 2.05) is 51.0 Å². The first-order chi connectivity index (χ1) is 17.8. The number of ether oxygens (including phenoxy) is 1. The van der Waals surface area contributed by atoms with Crippen molar-refractivity contribution < 1.29 is 9.13 Å². The van der Waals surface area contributed by atoms with Gasteiger partial charge in [-0.1, -0.05) is 28.9 Å². The molecule has 4 aromatic rings. The van der Waals surface area contributed by atoms with Crippen LogP contribution < -0.4 is 15.7 Å². The number of anilines is 1. The fraction of sp³-hybridized carbons (Fsp3) is 0.308. The molecule has 9 nitrogen and oxygen atoms in total. The van der Waals surface area contributed by atoms with Crippen molar-refractivity contribution in [1.82, 2.24) is 29.6 Å². The Balaban J connectivity index is 1.82. The van der Waals surface area contributed by atoms with Gasteiger partial charge in [0.25, 0.3) is 5.95 Å². The molecule has 2 N–H and O–H groups in total. The highest BCUT2D eigenvalue weighted by Gasteiger charge is 2.26. The fourth-order valence-corrected chi connectivity index (χ4v) is 3.98. The third kappa shape index (κ3) is 6.23. The summed E-state index contributed by atoms with van der Waals surface area (Å²) in [5, 5.41) is 7.80. The highest BCUT2D eigenvalue weighted by Crippen LogP contribution is 2.33. The minimum atomic E-state index is -0.832. The van der Waals surface area contributed by atoms with Gasteiger partial charge < -0.3 is 15.0 Å². The predicted octanol–water partition coefficient (Wildman–Crippen LogP) is 4.26. The second kappa shape index (κ2) is 11.7. The van der Waals surface area contributed by atoms with Crippen LogP contribution in [0.5, 0.6) is 5.75 Å². The molecule has 0 bridgehead atoms. The Hall–Kier alpha value is -3.57. The standard InChI is InChI=1S/C26H29BrFN7O2/c1-5-17-14-19(22(28)21(15-17)37-12-11-34(3)4)23(31-18-7-8-20(27)16(2)13-18)24-32-26(36)35(33-24)25-29-9-6-10-30-25/h6-10,13-15,23,31H,5,11-12H2,1-4H3,(H,32,33,36). The zero-order chi connectivity index (χ0) is 26.5. The number of H-pyrrole nitrogens is 1. The van der Waals surface area contributed by atoms with Gasteiger partial charge in [0.05, 0.1) is 0 Å². The molecule has 1 atom stereocenters. The minimum Gasteiger partial charge on any atom is -0.489 e. The summed E-state index contributed by atoms with van der Waals surface area (Å²) in [6.45, 7) is 4.92. The number of rotatable bonds is 10. The smallest absolute Gasteiger partial charge is 0.350 e. The van der Waals surface area contributed by atoms with Gasteiger partial charge in [-0.05, 0) is 68.9 Å². The molecule has 0 radical (unpaired) electrons. The van der Waals surface area contributed by atoms with E-state index in [9.17, 15) is 4.79 Å². The Kier molecular flexibility index (Phi) is 8.34. The number of nitrogens with one attached hydrogen (secondary N) is 2. The maximum Gasteiger partial charge on any atom is 0.350 e. The van der Waals surface area contributed by atoms with Gasteiger partial charge in [-0.15, -0.1) is 9.78 Å². The normalized spacial score (nSPS) is 12.1. The summed E-state index contributed by atoms with van der Waals surface area (Å²) in [6, 6.07) is 10.0. The number of likely N-dealkylation sites (N-methyl/N-ethyl adjacent to an activating group) is 1. The highest BCUT2D eigenvalue weighted by molar-refractivity contribution is 9.10. The maximum absolute atomic E-state index is 16.0.